The van der Waals surface area contributed by atoms with Crippen LogP contribution < -0.4 is 9.47 Å². The Labute approximate surface area is 206 Å². The van der Waals surface area contributed by atoms with E-state index in [-0.39, 0.29) is 30.1 Å². The molecule has 4 rings (SSSR count). The van der Waals surface area contributed by atoms with Gasteiger partial charge in [0.05, 0.1) is 18.1 Å². The van der Waals surface area contributed by atoms with Crippen molar-refractivity contribution in [3.05, 3.63) is 99.2 Å². The number of amides is 2. The first kappa shape index (κ1) is 23.9. The Morgan fingerprint density at radius 1 is 0.971 bits per heavy atom. The van der Waals surface area contributed by atoms with Crippen LogP contribution in [-0.4, -0.2) is 22.7 Å². The van der Waals surface area contributed by atoms with E-state index >= 15 is 0 Å². The number of benzene rings is 3. The zero-order chi connectivity index (χ0) is 24.1. The highest BCUT2D eigenvalue weighted by atomic mass is 35.5. The van der Waals surface area contributed by atoms with Crippen LogP contribution in [0.25, 0.3) is 6.08 Å². The predicted molar refractivity (Wildman–Crippen MR) is 131 cm³/mol. The zero-order valence-corrected chi connectivity index (χ0v) is 19.9. The number of nitrogens with zero attached hydrogens (tertiary/aromatic N) is 1. The molecule has 0 bridgehead atoms. The Bertz CT molecular complexity index is 1250. The summed E-state index contributed by atoms with van der Waals surface area (Å²) in [5.41, 5.74) is 2.30. The van der Waals surface area contributed by atoms with Gasteiger partial charge in [-0.15, -0.1) is 0 Å². The Hall–Kier alpha value is -3.29. The van der Waals surface area contributed by atoms with E-state index in [0.717, 1.165) is 22.9 Å². The highest BCUT2D eigenvalue weighted by Gasteiger charge is 2.35. The van der Waals surface area contributed by atoms with Crippen LogP contribution in [0.4, 0.5) is 9.18 Å². The van der Waals surface area contributed by atoms with Gasteiger partial charge in [0.25, 0.3) is 11.1 Å². The van der Waals surface area contributed by atoms with E-state index in [1.807, 2.05) is 13.0 Å². The maximum atomic E-state index is 13.1. The number of thioether (sulfide) groups is 1. The fraction of sp³-hybridized carbons (Fsp3) is 0.154. The summed E-state index contributed by atoms with van der Waals surface area (Å²) < 4.78 is 24.7. The Morgan fingerprint density at radius 3 is 2.50 bits per heavy atom. The van der Waals surface area contributed by atoms with Crippen LogP contribution in [0.1, 0.15) is 23.6 Å². The molecule has 0 unspecified atom stereocenters. The normalized spacial score (nSPS) is 14.7. The maximum Gasteiger partial charge on any atom is 0.293 e. The van der Waals surface area contributed by atoms with Crippen molar-refractivity contribution in [2.75, 3.05) is 6.61 Å². The SMILES string of the molecule is CCOc1cc(/C=C2\SC(=O)N(Cc3cccc(Cl)c3)C2=O)ccc1OCc1ccc(F)cc1. The average molecular weight is 498 g/mol. The molecule has 1 aliphatic rings. The van der Waals surface area contributed by atoms with Crippen LogP contribution in [0.5, 0.6) is 11.5 Å². The molecule has 0 aromatic heterocycles. The van der Waals surface area contributed by atoms with Gasteiger partial charge in [-0.25, -0.2) is 4.39 Å². The van der Waals surface area contributed by atoms with Gasteiger partial charge in [0.15, 0.2) is 11.5 Å². The topological polar surface area (TPSA) is 55.8 Å². The fourth-order valence-electron chi connectivity index (χ4n) is 3.35. The largest absolute Gasteiger partial charge is 0.490 e. The van der Waals surface area contributed by atoms with Crippen molar-refractivity contribution in [3.8, 4) is 11.5 Å². The van der Waals surface area contributed by atoms with Crippen LogP contribution in [0.15, 0.2) is 71.6 Å². The quantitative estimate of drug-likeness (QED) is 0.324. The molecule has 0 saturated carbocycles. The monoisotopic (exact) mass is 497 g/mol. The molecule has 1 fully saturated rings. The number of hydrogen-bond donors (Lipinski definition) is 0. The minimum Gasteiger partial charge on any atom is -0.490 e. The second-order valence-electron chi connectivity index (χ2n) is 7.45. The molecule has 1 aliphatic heterocycles. The standard InChI is InChI=1S/C26H21ClFNO4S/c1-2-32-23-13-18(8-11-22(23)33-16-17-6-9-21(28)10-7-17)14-24-25(30)29(26(31)34-24)15-19-4-3-5-20(27)12-19/h3-14H,2,15-16H2,1H3/b24-14-. The molecule has 174 valence electrons. The minimum absolute atomic E-state index is 0.156. The Kier molecular flexibility index (Phi) is 7.55. The van der Waals surface area contributed by atoms with Gasteiger partial charge in [0.1, 0.15) is 12.4 Å². The number of carbonyl (C=O) groups excluding carboxylic acids is 2. The van der Waals surface area contributed by atoms with Crippen molar-refractivity contribution in [2.24, 2.45) is 0 Å². The molecule has 34 heavy (non-hydrogen) atoms. The van der Waals surface area contributed by atoms with Gasteiger partial charge in [-0.1, -0.05) is 41.9 Å². The zero-order valence-electron chi connectivity index (χ0n) is 18.3. The summed E-state index contributed by atoms with van der Waals surface area (Å²) in [4.78, 5) is 26.9. The van der Waals surface area contributed by atoms with Crippen molar-refractivity contribution in [2.45, 2.75) is 20.1 Å². The van der Waals surface area contributed by atoms with Crippen LogP contribution in [-0.2, 0) is 17.9 Å². The first-order valence-electron chi connectivity index (χ1n) is 10.6. The number of ether oxygens (including phenoxy) is 2. The first-order valence-corrected chi connectivity index (χ1v) is 11.8. The molecule has 5 nitrogen and oxygen atoms in total. The van der Waals surface area contributed by atoms with E-state index in [1.165, 1.54) is 17.0 Å². The number of rotatable bonds is 8. The lowest BCUT2D eigenvalue weighted by atomic mass is 10.1. The van der Waals surface area contributed by atoms with Crippen molar-refractivity contribution >= 4 is 40.6 Å². The second kappa shape index (κ2) is 10.8. The molecule has 0 radical (unpaired) electrons. The van der Waals surface area contributed by atoms with Gasteiger partial charge in [-0.2, -0.15) is 0 Å². The highest BCUT2D eigenvalue weighted by molar-refractivity contribution is 8.18. The smallest absolute Gasteiger partial charge is 0.293 e. The number of hydrogen-bond acceptors (Lipinski definition) is 5. The summed E-state index contributed by atoms with van der Waals surface area (Å²) in [6.07, 6.45) is 1.66. The summed E-state index contributed by atoms with van der Waals surface area (Å²) in [7, 11) is 0. The summed E-state index contributed by atoms with van der Waals surface area (Å²) in [6, 6.07) is 18.4. The van der Waals surface area contributed by atoms with E-state index in [2.05, 4.69) is 0 Å². The first-order chi connectivity index (χ1) is 16.4. The van der Waals surface area contributed by atoms with E-state index in [9.17, 15) is 14.0 Å². The van der Waals surface area contributed by atoms with Gasteiger partial charge in [0, 0.05) is 5.02 Å². The van der Waals surface area contributed by atoms with Crippen LogP contribution >= 0.6 is 23.4 Å². The van der Waals surface area contributed by atoms with Crippen LogP contribution in [0.3, 0.4) is 0 Å². The molecule has 1 saturated heterocycles. The van der Waals surface area contributed by atoms with Crippen molar-refractivity contribution in [1.82, 2.24) is 4.90 Å². The van der Waals surface area contributed by atoms with E-state index in [4.69, 9.17) is 21.1 Å². The molecule has 0 spiro atoms. The molecule has 8 heteroatoms. The van der Waals surface area contributed by atoms with Crippen molar-refractivity contribution in [1.29, 1.82) is 0 Å². The van der Waals surface area contributed by atoms with E-state index < -0.39 is 0 Å². The van der Waals surface area contributed by atoms with Gasteiger partial charge in [0.2, 0.25) is 0 Å². The number of imide groups is 1. The molecule has 1 heterocycles. The summed E-state index contributed by atoms with van der Waals surface area (Å²) >= 11 is 6.91. The Balaban J connectivity index is 1.50. The van der Waals surface area contributed by atoms with Gasteiger partial charge < -0.3 is 9.47 Å². The third-order valence-electron chi connectivity index (χ3n) is 4.98. The molecular formula is C26H21ClFNO4S. The van der Waals surface area contributed by atoms with E-state index in [1.54, 1.807) is 54.6 Å². The van der Waals surface area contributed by atoms with Crippen molar-refractivity contribution < 1.29 is 23.5 Å². The number of carbonyl (C=O) groups is 2. The molecule has 0 aliphatic carbocycles. The highest BCUT2D eigenvalue weighted by Crippen LogP contribution is 2.35. The molecular weight excluding hydrogens is 477 g/mol. The molecule has 0 atom stereocenters. The lowest BCUT2D eigenvalue weighted by Crippen LogP contribution is -2.27. The molecule has 2 amide bonds. The van der Waals surface area contributed by atoms with Gasteiger partial charge in [-0.3, -0.25) is 14.5 Å². The predicted octanol–water partition coefficient (Wildman–Crippen LogP) is 6.69. The number of halogens is 2. The summed E-state index contributed by atoms with van der Waals surface area (Å²) in [6.45, 7) is 2.69. The van der Waals surface area contributed by atoms with Gasteiger partial charge in [-0.05, 0) is 77.9 Å². The summed E-state index contributed by atoms with van der Waals surface area (Å²) in [5, 5.41) is 0.214. The molecule has 3 aromatic rings. The van der Waals surface area contributed by atoms with Gasteiger partial charge >= 0.3 is 0 Å². The lowest BCUT2D eigenvalue weighted by molar-refractivity contribution is -0.123. The molecule has 3 aromatic carbocycles. The van der Waals surface area contributed by atoms with Crippen LogP contribution in [0, 0.1) is 5.82 Å². The van der Waals surface area contributed by atoms with E-state index in [0.29, 0.717) is 33.6 Å². The third-order valence-corrected chi connectivity index (χ3v) is 6.12. The Morgan fingerprint density at radius 2 is 1.76 bits per heavy atom. The van der Waals surface area contributed by atoms with Crippen molar-refractivity contribution in [3.63, 3.8) is 0 Å². The second-order valence-corrected chi connectivity index (χ2v) is 8.88. The minimum atomic E-state index is -0.357. The third kappa shape index (κ3) is 5.79. The maximum absolute atomic E-state index is 13.1. The fourth-order valence-corrected chi connectivity index (χ4v) is 4.40. The van der Waals surface area contributed by atoms with Crippen LogP contribution in [0.2, 0.25) is 5.02 Å². The lowest BCUT2D eigenvalue weighted by Gasteiger charge is -2.13. The average Bonchev–Trinajstić information content (AvgIpc) is 3.07. The summed E-state index contributed by atoms with van der Waals surface area (Å²) in [5.74, 6) is 0.374. The molecule has 0 N–H and O–H groups in total.